The van der Waals surface area contributed by atoms with Gasteiger partial charge in [0.05, 0.1) is 4.90 Å². The van der Waals surface area contributed by atoms with Gasteiger partial charge < -0.3 is 16.1 Å². The van der Waals surface area contributed by atoms with Crippen LogP contribution in [0.15, 0.2) is 132 Å². The highest BCUT2D eigenvalue weighted by molar-refractivity contribution is 7.87. The summed E-state index contributed by atoms with van der Waals surface area (Å²) in [5, 5.41) is 3.07. The summed E-state index contributed by atoms with van der Waals surface area (Å²) in [4.78, 5) is 32.8. The number of nitrogens with zero attached hydrogens (tertiary/aromatic N) is 8. The second-order valence-corrected chi connectivity index (χ2v) is 26.9. The molecule has 6 bridgehead atoms. The van der Waals surface area contributed by atoms with E-state index < -0.39 is 25.0 Å². The summed E-state index contributed by atoms with van der Waals surface area (Å²) in [7, 11) is -4.53. The van der Waals surface area contributed by atoms with Crippen LogP contribution in [0, 0.1) is 0 Å². The van der Waals surface area contributed by atoms with Gasteiger partial charge >= 0.3 is 14.9 Å². The van der Waals surface area contributed by atoms with Crippen molar-refractivity contribution in [2.75, 3.05) is 6.54 Å². The van der Waals surface area contributed by atoms with E-state index in [4.69, 9.17) is 38.9 Å². The molecule has 0 saturated carbocycles. The molecule has 0 saturated heterocycles. The van der Waals surface area contributed by atoms with Gasteiger partial charge in [0.15, 0.2) is 23.3 Å². The molecule has 4 aliphatic heterocycles. The predicted octanol–water partition coefficient (Wildman–Crippen LogP) is 10.0. The minimum absolute atomic E-state index is 0.0132. The molecule has 6 heterocycles. The van der Waals surface area contributed by atoms with E-state index in [0.717, 1.165) is 71.6 Å². The fraction of sp³-hybridized carbons (Fsp3) is 0.321. The molecule has 70 heavy (non-hydrogen) atoms. The molecule has 2 N–H and O–H groups in total. The Hall–Kier alpha value is -6.14. The summed E-state index contributed by atoms with van der Waals surface area (Å²) in [5.74, 6) is 2.77. The SMILES string of the molecule is CC(C)(C)c1ccc2c(c1)C1=NC2=Nc2c3cc(C(C)(C)C)ccc3c3[n]2[Al]([O]S(=O)(=O)c2ccc(CCN)cc2)[n]2c(c4ccc(C(C)(C)C)cc4c2=NC2=NC(=N3)c3cc(C(C)(C)C)ccc32)=N1. The summed E-state index contributed by atoms with van der Waals surface area (Å²) < 4.78 is 41.5. The van der Waals surface area contributed by atoms with Crippen molar-refractivity contribution < 1.29 is 11.7 Å². The lowest BCUT2D eigenvalue weighted by molar-refractivity contribution is 0.476. The van der Waals surface area contributed by atoms with Gasteiger partial charge in [-0.25, -0.2) is 30.0 Å². The van der Waals surface area contributed by atoms with Gasteiger partial charge in [0.25, 0.3) is 10.1 Å². The van der Waals surface area contributed by atoms with Crippen LogP contribution in [0.1, 0.15) is 133 Å². The van der Waals surface area contributed by atoms with Gasteiger partial charge in [-0.3, -0.25) is 0 Å². The van der Waals surface area contributed by atoms with Crippen molar-refractivity contribution in [2.45, 2.75) is 116 Å². The van der Waals surface area contributed by atoms with E-state index in [1.54, 1.807) is 24.3 Å². The molecule has 0 unspecified atom stereocenters. The van der Waals surface area contributed by atoms with E-state index in [1.807, 2.05) is 7.10 Å². The Balaban J connectivity index is 1.37. The fourth-order valence-electron chi connectivity index (χ4n) is 9.70. The molecular weight excluding hydrogens is 906 g/mol. The standard InChI is InChI=1S/C48H48N8.C8H11NO3S.Al/c1-45(2,3)25-13-17-29-33(21-25)41-49-37(29)54-42-35-23-27(47(7,8)9)15-19-31(35)39(51-42)56-44-36-24-28(48(10,11)12)16-20-32(36)40(52-44)55-43-34-22-26(46(4,5)6)14-18-30(34)38(50-43)53-41;9-6-5-7-1-3-8(4-2-7)13(10,11)12;/h13-24H,1-12H3;1-4H,5-6,9H2,(H,10,11,12);/q-2;;+3/p-1. The Morgan fingerprint density at radius 1 is 0.471 bits per heavy atom. The number of aliphatic imine (C=N–C) groups is 4. The number of hydrogen-bond donors (Lipinski definition) is 1. The lowest BCUT2D eigenvalue weighted by atomic mass is 9.85. The molecule has 0 fully saturated rings. The predicted molar refractivity (Wildman–Crippen MR) is 283 cm³/mol. The van der Waals surface area contributed by atoms with Crippen molar-refractivity contribution in [2.24, 2.45) is 35.7 Å². The zero-order valence-corrected chi connectivity index (χ0v) is 44.0. The van der Waals surface area contributed by atoms with Crippen LogP contribution in [0.3, 0.4) is 0 Å². The normalized spacial score (nSPS) is 15.5. The fourth-order valence-corrected chi connectivity index (χ4v) is 14.1. The van der Waals surface area contributed by atoms with E-state index in [0.29, 0.717) is 58.9 Å². The van der Waals surface area contributed by atoms with Crippen LogP contribution in [0.2, 0.25) is 0 Å². The zero-order chi connectivity index (χ0) is 49.6. The van der Waals surface area contributed by atoms with Crippen LogP contribution in [0.4, 0.5) is 11.6 Å². The van der Waals surface area contributed by atoms with E-state index in [1.165, 1.54) is 0 Å². The minimum Gasteiger partial charge on any atom is -0.358 e. The highest BCUT2D eigenvalue weighted by Gasteiger charge is 2.46. The first kappa shape index (κ1) is 46.3. The minimum atomic E-state index is -4.53. The first-order valence-corrected chi connectivity index (χ1v) is 27.0. The van der Waals surface area contributed by atoms with Crippen LogP contribution in [-0.4, -0.2) is 60.3 Å². The van der Waals surface area contributed by atoms with Gasteiger partial charge in [-0.05, 0) is 98.8 Å². The van der Waals surface area contributed by atoms with E-state index in [-0.39, 0.29) is 26.6 Å². The molecule has 4 aliphatic rings. The van der Waals surface area contributed by atoms with Gasteiger partial charge in [-0.15, -0.1) is 0 Å². The van der Waals surface area contributed by atoms with Crippen molar-refractivity contribution in [3.63, 3.8) is 0 Å². The van der Waals surface area contributed by atoms with Gasteiger partial charge in [-0.1, -0.05) is 144 Å². The number of rotatable bonds is 5. The quantitative estimate of drug-likeness (QED) is 0.171. The monoisotopic (exact) mass is 963 g/mol. The first-order valence-electron chi connectivity index (χ1n) is 24.1. The van der Waals surface area contributed by atoms with Crippen molar-refractivity contribution in [1.29, 1.82) is 0 Å². The molecule has 0 radical (unpaired) electrons. The number of benzene rings is 5. The van der Waals surface area contributed by atoms with E-state index >= 15 is 8.42 Å². The Morgan fingerprint density at radius 2 is 0.900 bits per heavy atom. The summed E-state index contributed by atoms with van der Waals surface area (Å²) in [5.41, 5.74) is 14.6. The molecule has 0 spiro atoms. The maximum Gasteiger partial charge on any atom is 0.825 e. The van der Waals surface area contributed by atoms with Gasteiger partial charge in [0, 0.05) is 43.8 Å². The topological polar surface area (TPSA) is 153 Å². The molecule has 5 aromatic carbocycles. The smallest absolute Gasteiger partial charge is 0.358 e. The number of hydrogen-bond acceptors (Lipinski definition) is 10. The molecule has 7 aromatic rings. The lowest BCUT2D eigenvalue weighted by Gasteiger charge is -2.20. The van der Waals surface area contributed by atoms with Crippen LogP contribution >= 0.6 is 0 Å². The molecule has 0 atom stereocenters. The van der Waals surface area contributed by atoms with Crippen LogP contribution in [0.5, 0.6) is 0 Å². The van der Waals surface area contributed by atoms with Crippen LogP contribution < -0.4 is 16.7 Å². The zero-order valence-electron chi connectivity index (χ0n) is 42.0. The number of amidine groups is 4. The maximum atomic E-state index is 15.3. The van der Waals surface area contributed by atoms with Crippen LogP contribution in [-0.2, 0) is 41.4 Å². The third-order valence-corrected chi connectivity index (χ3v) is 18.4. The Kier molecular flexibility index (Phi) is 10.4. The summed E-state index contributed by atoms with van der Waals surface area (Å²) in [6, 6.07) is 32.3. The average Bonchev–Trinajstić information content (AvgIpc) is 3.99. The molecule has 0 amide bonds. The highest BCUT2D eigenvalue weighted by atomic mass is 32.2. The summed E-state index contributed by atoms with van der Waals surface area (Å²) in [6.45, 7) is 26.6. The molecule has 0 aliphatic carbocycles. The highest BCUT2D eigenvalue weighted by Crippen LogP contribution is 2.44. The molecule has 2 aromatic heterocycles. The molecule has 14 heteroatoms. The second kappa shape index (κ2) is 15.7. The number of aromatic nitrogens is 2. The lowest BCUT2D eigenvalue weighted by Crippen LogP contribution is -2.49. The largest absolute Gasteiger partial charge is 0.825 e. The van der Waals surface area contributed by atoms with Crippen molar-refractivity contribution >= 4 is 81.6 Å². The van der Waals surface area contributed by atoms with Crippen molar-refractivity contribution in [1.82, 2.24) is 7.10 Å². The molecular formula is C56H58AlN9O3S. The third kappa shape index (κ3) is 7.58. The third-order valence-electron chi connectivity index (χ3n) is 14.0. The molecule has 11 rings (SSSR count). The van der Waals surface area contributed by atoms with Gasteiger partial charge in [0.2, 0.25) is 0 Å². The average molecular weight is 964 g/mol. The molecule has 12 nitrogen and oxygen atoms in total. The summed E-state index contributed by atoms with van der Waals surface area (Å²) in [6.07, 6.45) is 0.605. The van der Waals surface area contributed by atoms with Crippen molar-refractivity contribution in [3.8, 4) is 0 Å². The summed E-state index contributed by atoms with van der Waals surface area (Å²) >= 11 is -3.83. The Bertz CT molecular complexity index is 3810. The van der Waals surface area contributed by atoms with Gasteiger partial charge in [0.1, 0.15) is 22.6 Å². The Labute approximate surface area is 414 Å². The van der Waals surface area contributed by atoms with E-state index in [2.05, 4.69) is 156 Å². The van der Waals surface area contributed by atoms with Gasteiger partial charge in [-0.2, -0.15) is 8.42 Å². The van der Waals surface area contributed by atoms with E-state index in [9.17, 15) is 0 Å². The van der Waals surface area contributed by atoms with Crippen molar-refractivity contribution in [3.05, 3.63) is 158 Å². The first-order chi connectivity index (χ1) is 32.9. The second-order valence-electron chi connectivity index (χ2n) is 23.1. The van der Waals surface area contributed by atoms with Crippen LogP contribution in [0.25, 0.3) is 21.5 Å². The maximum absolute atomic E-state index is 15.3. The number of nitrogens with two attached hydrogens (primary N) is 1. The Morgan fingerprint density at radius 3 is 1.43 bits per heavy atom. The number of fused-ring (bicyclic) bond motifs is 14. The molecule has 354 valence electrons.